The molecule has 1 saturated carbocycles. The van der Waals surface area contributed by atoms with Crippen molar-refractivity contribution in [1.82, 2.24) is 5.32 Å². The van der Waals surface area contributed by atoms with Gasteiger partial charge >= 0.3 is 11.8 Å². The molecule has 25 heavy (non-hydrogen) atoms. The van der Waals surface area contributed by atoms with Gasteiger partial charge in [0, 0.05) is 10.6 Å². The maximum absolute atomic E-state index is 13.5. The second-order valence-electron chi connectivity index (χ2n) is 6.28. The number of aryl methyl sites for hydroxylation is 1. The van der Waals surface area contributed by atoms with Gasteiger partial charge in [-0.1, -0.05) is 12.1 Å². The maximum Gasteiger partial charge on any atom is 0.313 e. The van der Waals surface area contributed by atoms with Gasteiger partial charge in [0.05, 0.1) is 6.54 Å². The van der Waals surface area contributed by atoms with Gasteiger partial charge in [0.25, 0.3) is 0 Å². The zero-order valence-corrected chi connectivity index (χ0v) is 14.5. The lowest BCUT2D eigenvalue weighted by atomic mass is 9.95. The Bertz CT molecular complexity index is 790. The highest BCUT2D eigenvalue weighted by atomic mass is 32.1. The molecule has 0 spiro atoms. The third-order valence-corrected chi connectivity index (χ3v) is 5.39. The van der Waals surface area contributed by atoms with Crippen LogP contribution in [0.15, 0.2) is 35.7 Å². The van der Waals surface area contributed by atoms with E-state index in [1.54, 1.807) is 6.92 Å². The first-order chi connectivity index (χ1) is 11.9. The molecule has 1 unspecified atom stereocenters. The fraction of sp³-hybridized carbons (Fsp3) is 0.333. The number of nitrogens with one attached hydrogen (secondary N) is 2. The summed E-state index contributed by atoms with van der Waals surface area (Å²) in [6.07, 6.45) is 1.78. The number of amides is 2. The Hall–Kier alpha value is -2.25. The van der Waals surface area contributed by atoms with Crippen LogP contribution >= 0.6 is 11.3 Å². The molecule has 1 fully saturated rings. The zero-order valence-electron chi connectivity index (χ0n) is 13.7. The van der Waals surface area contributed by atoms with Crippen LogP contribution in [0.3, 0.4) is 0 Å². The third-order valence-electron chi connectivity index (χ3n) is 4.35. The Morgan fingerprint density at radius 1 is 1.32 bits per heavy atom. The van der Waals surface area contributed by atoms with Crippen LogP contribution in [0.2, 0.25) is 0 Å². The first kappa shape index (κ1) is 17.6. The lowest BCUT2D eigenvalue weighted by Crippen LogP contribution is -2.45. The minimum absolute atomic E-state index is 0.0350. The van der Waals surface area contributed by atoms with Crippen molar-refractivity contribution in [3.63, 3.8) is 0 Å². The van der Waals surface area contributed by atoms with Crippen LogP contribution in [0, 0.1) is 18.7 Å². The predicted octanol–water partition coefficient (Wildman–Crippen LogP) is 2.55. The molecule has 1 heterocycles. The van der Waals surface area contributed by atoms with Crippen LogP contribution < -0.4 is 10.6 Å². The molecule has 7 heteroatoms. The molecule has 5 nitrogen and oxygen atoms in total. The molecule has 3 N–H and O–H groups in total. The summed E-state index contributed by atoms with van der Waals surface area (Å²) in [6.45, 7) is 1.57. The summed E-state index contributed by atoms with van der Waals surface area (Å²) in [5.41, 5.74) is -0.494. The van der Waals surface area contributed by atoms with E-state index in [2.05, 4.69) is 10.6 Å². The molecule has 3 rings (SSSR count). The number of rotatable bonds is 5. The lowest BCUT2D eigenvalue weighted by molar-refractivity contribution is -0.137. The van der Waals surface area contributed by atoms with E-state index in [4.69, 9.17) is 0 Å². The Kier molecular flexibility index (Phi) is 4.87. The van der Waals surface area contributed by atoms with E-state index < -0.39 is 23.2 Å². The number of halogens is 1. The number of hydrogen-bond acceptors (Lipinski definition) is 4. The topological polar surface area (TPSA) is 78.4 Å². The van der Waals surface area contributed by atoms with Crippen LogP contribution in [0.1, 0.15) is 23.3 Å². The minimum Gasteiger partial charge on any atom is -0.382 e. The smallest absolute Gasteiger partial charge is 0.313 e. The third kappa shape index (κ3) is 3.88. The predicted molar refractivity (Wildman–Crippen MR) is 93.7 cm³/mol. The number of carbonyl (C=O) groups excluding carboxylic acids is 2. The van der Waals surface area contributed by atoms with Gasteiger partial charge < -0.3 is 15.7 Å². The number of anilines is 1. The van der Waals surface area contributed by atoms with E-state index in [1.165, 1.54) is 23.5 Å². The van der Waals surface area contributed by atoms with Crippen molar-refractivity contribution in [2.75, 3.05) is 11.9 Å². The molecule has 0 aliphatic heterocycles. The van der Waals surface area contributed by atoms with Crippen LogP contribution in [-0.2, 0) is 15.2 Å². The standard InChI is InChI=1S/C18H19FN2O3S/c1-11-4-7-13(9-14(11)19)21-17(23)16(22)20-10-18(24,12-5-6-12)15-3-2-8-25-15/h2-4,7-9,12,24H,5-6,10H2,1H3,(H,20,22)(H,21,23). The summed E-state index contributed by atoms with van der Waals surface area (Å²) in [4.78, 5) is 24.8. The average Bonchev–Trinajstić information content (AvgIpc) is 3.30. The van der Waals surface area contributed by atoms with Crippen molar-refractivity contribution in [3.05, 3.63) is 52.0 Å². The highest BCUT2D eigenvalue weighted by Crippen LogP contribution is 2.46. The van der Waals surface area contributed by atoms with Crippen LogP contribution in [0.25, 0.3) is 0 Å². The minimum atomic E-state index is -1.15. The summed E-state index contributed by atoms with van der Waals surface area (Å²) < 4.78 is 13.5. The number of thiophene rings is 1. The molecular weight excluding hydrogens is 343 g/mol. The molecule has 1 aliphatic rings. The number of carbonyl (C=O) groups is 2. The Morgan fingerprint density at radius 3 is 2.68 bits per heavy atom. The Morgan fingerprint density at radius 2 is 2.08 bits per heavy atom. The molecule has 0 radical (unpaired) electrons. The van der Waals surface area contributed by atoms with E-state index in [0.717, 1.165) is 23.8 Å². The van der Waals surface area contributed by atoms with E-state index in [1.807, 2.05) is 17.5 Å². The van der Waals surface area contributed by atoms with Gasteiger partial charge in [-0.25, -0.2) is 4.39 Å². The number of benzene rings is 1. The van der Waals surface area contributed by atoms with Crippen molar-refractivity contribution in [3.8, 4) is 0 Å². The van der Waals surface area contributed by atoms with Crippen LogP contribution in [0.5, 0.6) is 0 Å². The molecule has 132 valence electrons. The van der Waals surface area contributed by atoms with Crippen molar-refractivity contribution in [1.29, 1.82) is 0 Å². The quantitative estimate of drug-likeness (QED) is 0.715. The zero-order chi connectivity index (χ0) is 18.0. The highest BCUT2D eigenvalue weighted by molar-refractivity contribution is 7.10. The van der Waals surface area contributed by atoms with Crippen molar-refractivity contribution >= 4 is 28.8 Å². The van der Waals surface area contributed by atoms with E-state index in [0.29, 0.717) is 5.56 Å². The van der Waals surface area contributed by atoms with Gasteiger partial charge in [0.15, 0.2) is 0 Å². The molecule has 1 aromatic carbocycles. The molecule has 1 aromatic heterocycles. The van der Waals surface area contributed by atoms with Gasteiger partial charge in [-0.3, -0.25) is 9.59 Å². The molecule has 0 bridgehead atoms. The number of hydrogen-bond donors (Lipinski definition) is 3. The first-order valence-corrected chi connectivity index (χ1v) is 8.90. The summed E-state index contributed by atoms with van der Waals surface area (Å²) in [6, 6.07) is 7.87. The Balaban J connectivity index is 1.61. The van der Waals surface area contributed by atoms with Crippen LogP contribution in [-0.4, -0.2) is 23.5 Å². The first-order valence-electron chi connectivity index (χ1n) is 8.02. The SMILES string of the molecule is Cc1ccc(NC(=O)C(=O)NCC(O)(c2cccs2)C2CC2)cc1F. The molecular formula is C18H19FN2O3S. The van der Waals surface area contributed by atoms with Gasteiger partial charge in [-0.05, 0) is 54.8 Å². The second-order valence-corrected chi connectivity index (χ2v) is 7.22. The van der Waals surface area contributed by atoms with Gasteiger partial charge in [-0.15, -0.1) is 11.3 Å². The highest BCUT2D eigenvalue weighted by Gasteiger charge is 2.46. The number of aliphatic hydroxyl groups is 1. The average molecular weight is 362 g/mol. The van der Waals surface area contributed by atoms with Crippen LogP contribution in [0.4, 0.5) is 10.1 Å². The van der Waals surface area contributed by atoms with E-state index in [9.17, 15) is 19.1 Å². The summed E-state index contributed by atoms with van der Waals surface area (Å²) in [5, 5.41) is 17.6. The van der Waals surface area contributed by atoms with Gasteiger partial charge in [0.2, 0.25) is 0 Å². The summed E-state index contributed by atoms with van der Waals surface area (Å²) >= 11 is 1.42. The normalized spacial score (nSPS) is 16.1. The molecule has 2 aromatic rings. The summed E-state index contributed by atoms with van der Waals surface area (Å²) in [5.74, 6) is -2.14. The largest absolute Gasteiger partial charge is 0.382 e. The van der Waals surface area contributed by atoms with E-state index in [-0.39, 0.29) is 18.2 Å². The molecule has 1 atom stereocenters. The van der Waals surface area contributed by atoms with Crippen molar-refractivity contribution < 1.29 is 19.1 Å². The lowest BCUT2D eigenvalue weighted by Gasteiger charge is -2.27. The second kappa shape index (κ2) is 6.93. The monoisotopic (exact) mass is 362 g/mol. The molecule has 0 saturated heterocycles. The maximum atomic E-state index is 13.5. The molecule has 2 amide bonds. The Labute approximate surface area is 148 Å². The van der Waals surface area contributed by atoms with E-state index >= 15 is 0 Å². The fourth-order valence-corrected chi connectivity index (χ4v) is 3.58. The molecule has 1 aliphatic carbocycles. The van der Waals surface area contributed by atoms with Gasteiger partial charge in [-0.2, -0.15) is 0 Å². The van der Waals surface area contributed by atoms with Crippen molar-refractivity contribution in [2.24, 2.45) is 5.92 Å². The van der Waals surface area contributed by atoms with Gasteiger partial charge in [0.1, 0.15) is 11.4 Å². The summed E-state index contributed by atoms with van der Waals surface area (Å²) in [7, 11) is 0. The van der Waals surface area contributed by atoms with Crippen molar-refractivity contribution in [2.45, 2.75) is 25.4 Å². The fourth-order valence-electron chi connectivity index (χ4n) is 2.67.